The molecule has 1 aliphatic heterocycles. The molecule has 14 heavy (non-hydrogen) atoms. The lowest BCUT2D eigenvalue weighted by molar-refractivity contribution is 0.602. The molecule has 0 aliphatic carbocycles. The first-order chi connectivity index (χ1) is 6.53. The molecule has 1 atom stereocenters. The zero-order valence-electron chi connectivity index (χ0n) is 7.99. The second-order valence-corrected chi connectivity index (χ2v) is 5.50. The van der Waals surface area contributed by atoms with Gasteiger partial charge in [-0.2, -0.15) is 0 Å². The molecule has 1 unspecified atom stereocenters. The molecule has 1 aliphatic rings. The molecule has 80 valence electrons. The summed E-state index contributed by atoms with van der Waals surface area (Å²) >= 11 is 4.98. The molecule has 2 N–H and O–H groups in total. The molecular weight excluding hydrogens is 220 g/mol. The van der Waals surface area contributed by atoms with Crippen LogP contribution in [0.5, 0.6) is 0 Å². The van der Waals surface area contributed by atoms with Crippen molar-refractivity contribution in [2.24, 2.45) is 0 Å². The topological polar surface area (TPSA) is 58.2 Å². The van der Waals surface area contributed by atoms with Gasteiger partial charge >= 0.3 is 0 Å². The fourth-order valence-corrected chi connectivity index (χ4v) is 2.61. The average Bonchev–Trinajstić information content (AvgIpc) is 2.42. The van der Waals surface area contributed by atoms with E-state index in [0.717, 1.165) is 13.0 Å². The Morgan fingerprint density at radius 2 is 2.36 bits per heavy atom. The minimum Gasteiger partial charge on any atom is -0.363 e. The summed E-state index contributed by atoms with van der Waals surface area (Å²) in [4.78, 5) is 0. The van der Waals surface area contributed by atoms with Gasteiger partial charge in [0.05, 0.1) is 11.8 Å². The highest BCUT2D eigenvalue weighted by atomic mass is 32.2. The molecular formula is C8H14N2O2S2. The maximum absolute atomic E-state index is 11.0. The zero-order valence-corrected chi connectivity index (χ0v) is 9.62. The van der Waals surface area contributed by atoms with Crippen molar-refractivity contribution in [3.05, 3.63) is 11.5 Å². The predicted octanol–water partition coefficient (Wildman–Crippen LogP) is 0.171. The van der Waals surface area contributed by atoms with Crippen LogP contribution in [-0.2, 0) is 9.84 Å². The van der Waals surface area contributed by atoms with Gasteiger partial charge in [-0.1, -0.05) is 6.92 Å². The van der Waals surface area contributed by atoms with Crippen molar-refractivity contribution >= 4 is 27.2 Å². The van der Waals surface area contributed by atoms with E-state index in [1.54, 1.807) is 6.08 Å². The minimum atomic E-state index is -2.99. The van der Waals surface area contributed by atoms with Gasteiger partial charge in [-0.15, -0.1) is 0 Å². The molecule has 1 rings (SSSR count). The lowest BCUT2D eigenvalue weighted by atomic mass is 10.3. The van der Waals surface area contributed by atoms with Crippen molar-refractivity contribution < 1.29 is 8.42 Å². The zero-order chi connectivity index (χ0) is 10.6. The van der Waals surface area contributed by atoms with Crippen molar-refractivity contribution in [3.63, 3.8) is 0 Å². The number of hydrogen-bond acceptors (Lipinski definition) is 3. The fraction of sp³-hybridized carbons (Fsp3) is 0.625. The molecule has 4 nitrogen and oxygen atoms in total. The maximum atomic E-state index is 11.0. The minimum absolute atomic E-state index is 0.0982. The average molecular weight is 234 g/mol. The van der Waals surface area contributed by atoms with Crippen LogP contribution < -0.4 is 10.6 Å². The molecule has 6 heteroatoms. The summed E-state index contributed by atoms with van der Waals surface area (Å²) in [5.74, 6) is 0.0982. The molecule has 0 spiro atoms. The molecule has 0 fully saturated rings. The lowest BCUT2D eigenvalue weighted by Crippen LogP contribution is -2.42. The van der Waals surface area contributed by atoms with Crippen molar-refractivity contribution in [2.75, 3.05) is 12.3 Å². The van der Waals surface area contributed by atoms with Crippen LogP contribution in [0.2, 0.25) is 0 Å². The highest BCUT2D eigenvalue weighted by molar-refractivity contribution is 7.94. The quantitative estimate of drug-likeness (QED) is 0.682. The Kier molecular flexibility index (Phi) is 3.88. The molecule has 0 aromatic rings. The summed E-state index contributed by atoms with van der Waals surface area (Å²) in [5, 5.41) is 7.64. The van der Waals surface area contributed by atoms with E-state index in [2.05, 4.69) is 10.6 Å². The van der Waals surface area contributed by atoms with Gasteiger partial charge in [-0.05, 0) is 24.7 Å². The van der Waals surface area contributed by atoms with Crippen LogP contribution in [0, 0.1) is 0 Å². The molecule has 0 saturated heterocycles. The van der Waals surface area contributed by atoms with Crippen molar-refractivity contribution in [3.8, 4) is 0 Å². The first-order valence-electron chi connectivity index (χ1n) is 4.49. The molecule has 0 radical (unpaired) electrons. The fourth-order valence-electron chi connectivity index (χ4n) is 1.12. The van der Waals surface area contributed by atoms with E-state index in [1.807, 2.05) is 6.92 Å². The van der Waals surface area contributed by atoms with Gasteiger partial charge < -0.3 is 10.6 Å². The van der Waals surface area contributed by atoms with E-state index in [9.17, 15) is 8.42 Å². The van der Waals surface area contributed by atoms with Gasteiger partial charge in [0.2, 0.25) is 0 Å². The summed E-state index contributed by atoms with van der Waals surface area (Å²) < 4.78 is 22.1. The van der Waals surface area contributed by atoms with Crippen LogP contribution >= 0.6 is 12.2 Å². The van der Waals surface area contributed by atoms with Crippen LogP contribution in [0.15, 0.2) is 11.5 Å². The van der Waals surface area contributed by atoms with E-state index >= 15 is 0 Å². The van der Waals surface area contributed by atoms with Gasteiger partial charge in [0.1, 0.15) is 0 Å². The Labute approximate surface area is 89.7 Å². The third kappa shape index (κ3) is 3.63. The van der Waals surface area contributed by atoms with Gasteiger partial charge in [0.25, 0.3) is 0 Å². The Balaban J connectivity index is 2.34. The number of sulfone groups is 1. The summed E-state index contributed by atoms with van der Waals surface area (Å²) in [6, 6.07) is -0.183. The van der Waals surface area contributed by atoms with Gasteiger partial charge in [-0.25, -0.2) is 8.42 Å². The second-order valence-electron chi connectivity index (χ2n) is 3.16. The smallest absolute Gasteiger partial charge is 0.173 e. The van der Waals surface area contributed by atoms with Gasteiger partial charge in [-0.3, -0.25) is 0 Å². The summed E-state index contributed by atoms with van der Waals surface area (Å²) in [6.45, 7) is 2.84. The standard InChI is InChI=1S/C8H14N2O2S2/c1-2-4-9-8(13)10-7-3-5-14(11,12)6-7/h3,5,7H,2,4,6H2,1H3,(H2,9,10,13). The molecule has 0 aromatic heterocycles. The number of hydrogen-bond donors (Lipinski definition) is 2. The first kappa shape index (κ1) is 11.5. The molecule has 0 amide bonds. The molecule has 0 bridgehead atoms. The largest absolute Gasteiger partial charge is 0.363 e. The Morgan fingerprint density at radius 3 is 2.86 bits per heavy atom. The highest BCUT2D eigenvalue weighted by Crippen LogP contribution is 2.07. The third-order valence-electron chi connectivity index (χ3n) is 1.78. The highest BCUT2D eigenvalue weighted by Gasteiger charge is 2.21. The lowest BCUT2D eigenvalue weighted by Gasteiger charge is -2.13. The predicted molar refractivity (Wildman–Crippen MR) is 60.7 cm³/mol. The maximum Gasteiger partial charge on any atom is 0.173 e. The summed E-state index contributed by atoms with van der Waals surface area (Å²) in [7, 11) is -2.99. The van der Waals surface area contributed by atoms with Crippen molar-refractivity contribution in [1.82, 2.24) is 10.6 Å². The number of nitrogens with one attached hydrogen (secondary N) is 2. The van der Waals surface area contributed by atoms with E-state index < -0.39 is 9.84 Å². The van der Waals surface area contributed by atoms with Crippen LogP contribution in [-0.4, -0.2) is 31.9 Å². The first-order valence-corrected chi connectivity index (χ1v) is 6.61. The number of thiocarbonyl (C=S) groups is 1. The van der Waals surface area contributed by atoms with Crippen LogP contribution in [0.4, 0.5) is 0 Å². The van der Waals surface area contributed by atoms with Crippen molar-refractivity contribution in [1.29, 1.82) is 0 Å². The normalized spacial score (nSPS) is 23.4. The van der Waals surface area contributed by atoms with Crippen molar-refractivity contribution in [2.45, 2.75) is 19.4 Å². The third-order valence-corrected chi connectivity index (χ3v) is 3.44. The second kappa shape index (κ2) is 4.75. The molecule has 0 saturated carbocycles. The van der Waals surface area contributed by atoms with Gasteiger partial charge in [0.15, 0.2) is 14.9 Å². The van der Waals surface area contributed by atoms with Gasteiger partial charge in [0, 0.05) is 12.0 Å². The summed E-state index contributed by atoms with van der Waals surface area (Å²) in [5.41, 5.74) is 0. The van der Waals surface area contributed by atoms with Crippen LogP contribution in [0.1, 0.15) is 13.3 Å². The molecule has 0 aromatic carbocycles. The van der Waals surface area contributed by atoms with E-state index in [-0.39, 0.29) is 11.8 Å². The number of rotatable bonds is 3. The summed E-state index contributed by atoms with van der Waals surface area (Å²) in [6.07, 6.45) is 2.61. The monoisotopic (exact) mass is 234 g/mol. The molecule has 1 heterocycles. The van der Waals surface area contributed by atoms with Crippen LogP contribution in [0.3, 0.4) is 0 Å². The SMILES string of the molecule is CCCNC(=S)NC1C=CS(=O)(=O)C1. The van der Waals surface area contributed by atoms with Crippen LogP contribution in [0.25, 0.3) is 0 Å². The Bertz CT molecular complexity index is 335. The Hall–Kier alpha value is -0.620. The van der Waals surface area contributed by atoms with E-state index in [1.165, 1.54) is 5.41 Å². The van der Waals surface area contributed by atoms with E-state index in [4.69, 9.17) is 12.2 Å². The van der Waals surface area contributed by atoms with E-state index in [0.29, 0.717) is 5.11 Å². The Morgan fingerprint density at radius 1 is 1.64 bits per heavy atom.